The van der Waals surface area contributed by atoms with Crippen molar-refractivity contribution in [2.75, 3.05) is 18.0 Å². The number of nitrogens with two attached hydrogens (primary N) is 1. The fraction of sp³-hybridized carbons (Fsp3) is 0.769. The summed E-state index contributed by atoms with van der Waals surface area (Å²) in [7, 11) is 1.78. The summed E-state index contributed by atoms with van der Waals surface area (Å²) in [5.41, 5.74) is 6.66. The van der Waals surface area contributed by atoms with Crippen molar-refractivity contribution >= 4 is 11.5 Å². The van der Waals surface area contributed by atoms with E-state index < -0.39 is 0 Å². The fourth-order valence-electron chi connectivity index (χ4n) is 2.97. The van der Waals surface area contributed by atoms with E-state index in [1.165, 1.54) is 0 Å². The SMILES string of the molecule is CCc1nn(C)c(N2CCC(C(C)N)CC2)c1[N+](=O)[O-]. The summed E-state index contributed by atoms with van der Waals surface area (Å²) in [6, 6.07) is 0.185. The minimum absolute atomic E-state index is 0.161. The third-order valence-electron chi connectivity index (χ3n) is 4.16. The molecule has 0 aliphatic carbocycles. The summed E-state index contributed by atoms with van der Waals surface area (Å²) in [5.74, 6) is 1.14. The van der Waals surface area contributed by atoms with Crippen LogP contribution in [0.2, 0.25) is 0 Å². The average molecular weight is 281 g/mol. The van der Waals surface area contributed by atoms with Crippen molar-refractivity contribution in [3.8, 4) is 0 Å². The Hall–Kier alpha value is -1.63. The van der Waals surface area contributed by atoms with Crippen LogP contribution in [0, 0.1) is 16.0 Å². The molecule has 1 aliphatic heterocycles. The van der Waals surface area contributed by atoms with E-state index in [1.807, 2.05) is 13.8 Å². The van der Waals surface area contributed by atoms with Gasteiger partial charge in [-0.1, -0.05) is 6.92 Å². The van der Waals surface area contributed by atoms with Crippen LogP contribution in [0.1, 0.15) is 32.4 Å². The van der Waals surface area contributed by atoms with E-state index in [0.717, 1.165) is 25.9 Å². The van der Waals surface area contributed by atoms with Crippen molar-refractivity contribution in [3.05, 3.63) is 15.8 Å². The molecule has 1 unspecified atom stereocenters. The first kappa shape index (κ1) is 14.8. The Labute approximate surface area is 118 Å². The topological polar surface area (TPSA) is 90.2 Å². The van der Waals surface area contributed by atoms with Crippen LogP contribution >= 0.6 is 0 Å². The van der Waals surface area contributed by atoms with Crippen molar-refractivity contribution < 1.29 is 4.92 Å². The van der Waals surface area contributed by atoms with Gasteiger partial charge in [-0.05, 0) is 32.1 Å². The number of hydrogen-bond donors (Lipinski definition) is 1. The van der Waals surface area contributed by atoms with Gasteiger partial charge in [0.25, 0.3) is 0 Å². The molecule has 1 aromatic heterocycles. The number of piperidine rings is 1. The molecule has 1 aromatic rings. The molecule has 20 heavy (non-hydrogen) atoms. The zero-order chi connectivity index (χ0) is 14.9. The molecule has 0 aromatic carbocycles. The van der Waals surface area contributed by atoms with Gasteiger partial charge >= 0.3 is 5.69 Å². The molecule has 0 spiro atoms. The summed E-state index contributed by atoms with van der Waals surface area (Å²) in [5, 5.41) is 15.6. The lowest BCUT2D eigenvalue weighted by Crippen LogP contribution is -2.40. The van der Waals surface area contributed by atoms with Crippen LogP contribution in [0.5, 0.6) is 0 Å². The Morgan fingerprint density at radius 2 is 2.10 bits per heavy atom. The van der Waals surface area contributed by atoms with Gasteiger partial charge in [-0.15, -0.1) is 0 Å². The van der Waals surface area contributed by atoms with Gasteiger partial charge in [-0.25, -0.2) is 4.68 Å². The van der Waals surface area contributed by atoms with Crippen LogP contribution in [0.3, 0.4) is 0 Å². The minimum Gasteiger partial charge on any atom is -0.351 e. The zero-order valence-electron chi connectivity index (χ0n) is 12.4. The monoisotopic (exact) mass is 281 g/mol. The molecule has 7 nitrogen and oxygen atoms in total. The van der Waals surface area contributed by atoms with Crippen LogP contribution in [-0.4, -0.2) is 33.8 Å². The minimum atomic E-state index is -0.307. The second kappa shape index (κ2) is 5.78. The molecule has 0 saturated carbocycles. The first-order valence-electron chi connectivity index (χ1n) is 7.16. The average Bonchev–Trinajstić information content (AvgIpc) is 2.75. The maximum atomic E-state index is 11.3. The van der Waals surface area contributed by atoms with Gasteiger partial charge in [0.05, 0.1) is 4.92 Å². The number of nitrogens with zero attached hydrogens (tertiary/aromatic N) is 4. The van der Waals surface area contributed by atoms with E-state index in [0.29, 0.717) is 23.9 Å². The van der Waals surface area contributed by atoms with Crippen molar-refractivity contribution in [2.45, 2.75) is 39.2 Å². The Kier molecular flexibility index (Phi) is 4.27. The van der Waals surface area contributed by atoms with Gasteiger partial charge in [-0.3, -0.25) is 10.1 Å². The Morgan fingerprint density at radius 1 is 1.50 bits per heavy atom. The van der Waals surface area contributed by atoms with E-state index in [9.17, 15) is 10.1 Å². The predicted molar refractivity (Wildman–Crippen MR) is 77.8 cm³/mol. The maximum absolute atomic E-state index is 11.3. The highest BCUT2D eigenvalue weighted by Crippen LogP contribution is 2.34. The third-order valence-corrected chi connectivity index (χ3v) is 4.16. The molecule has 1 aliphatic rings. The molecule has 1 saturated heterocycles. The summed E-state index contributed by atoms with van der Waals surface area (Å²) in [6.07, 6.45) is 2.52. The van der Waals surface area contributed by atoms with Crippen LogP contribution in [0.25, 0.3) is 0 Å². The van der Waals surface area contributed by atoms with E-state index in [2.05, 4.69) is 10.00 Å². The quantitative estimate of drug-likeness (QED) is 0.666. The molecule has 7 heteroatoms. The largest absolute Gasteiger partial charge is 0.351 e. The predicted octanol–water partition coefficient (Wildman–Crippen LogP) is 1.45. The van der Waals surface area contributed by atoms with Crippen molar-refractivity contribution in [1.29, 1.82) is 0 Å². The van der Waals surface area contributed by atoms with E-state index in [-0.39, 0.29) is 16.7 Å². The first-order valence-corrected chi connectivity index (χ1v) is 7.16. The summed E-state index contributed by atoms with van der Waals surface area (Å²) in [4.78, 5) is 13.1. The molecule has 2 heterocycles. The van der Waals surface area contributed by atoms with Crippen LogP contribution < -0.4 is 10.6 Å². The third kappa shape index (κ3) is 2.63. The number of aromatic nitrogens is 2. The second-order valence-corrected chi connectivity index (χ2v) is 5.54. The first-order chi connectivity index (χ1) is 9.45. The molecule has 0 radical (unpaired) electrons. The molecule has 1 fully saturated rings. The Bertz CT molecular complexity index is 489. The molecule has 0 amide bonds. The van der Waals surface area contributed by atoms with Gasteiger partial charge in [0.15, 0.2) is 0 Å². The number of anilines is 1. The maximum Gasteiger partial charge on any atom is 0.334 e. The molecule has 0 bridgehead atoms. The van der Waals surface area contributed by atoms with Gasteiger partial charge in [-0.2, -0.15) is 5.10 Å². The smallest absolute Gasteiger partial charge is 0.334 e. The van der Waals surface area contributed by atoms with Gasteiger partial charge in [0, 0.05) is 26.2 Å². The molecule has 2 N–H and O–H groups in total. The lowest BCUT2D eigenvalue weighted by Gasteiger charge is -2.34. The van der Waals surface area contributed by atoms with Crippen molar-refractivity contribution in [1.82, 2.24) is 9.78 Å². The lowest BCUT2D eigenvalue weighted by molar-refractivity contribution is -0.384. The van der Waals surface area contributed by atoms with E-state index >= 15 is 0 Å². The summed E-state index contributed by atoms with van der Waals surface area (Å²) < 4.78 is 1.64. The molecular weight excluding hydrogens is 258 g/mol. The van der Waals surface area contributed by atoms with Crippen LogP contribution in [0.4, 0.5) is 11.5 Å². The number of nitro groups is 1. The normalized spacial score (nSPS) is 18.3. The summed E-state index contributed by atoms with van der Waals surface area (Å²) >= 11 is 0. The van der Waals surface area contributed by atoms with Gasteiger partial charge in [0.1, 0.15) is 5.69 Å². The van der Waals surface area contributed by atoms with Gasteiger partial charge < -0.3 is 10.6 Å². The zero-order valence-corrected chi connectivity index (χ0v) is 12.4. The van der Waals surface area contributed by atoms with Crippen LogP contribution in [-0.2, 0) is 13.5 Å². The lowest BCUT2D eigenvalue weighted by atomic mass is 9.91. The molecule has 2 rings (SSSR count). The molecular formula is C13H23N5O2. The number of aryl methyl sites for hydroxylation is 2. The van der Waals surface area contributed by atoms with Gasteiger partial charge in [0.2, 0.25) is 5.82 Å². The highest BCUT2D eigenvalue weighted by molar-refractivity contribution is 5.61. The van der Waals surface area contributed by atoms with E-state index in [4.69, 9.17) is 5.73 Å². The fourth-order valence-corrected chi connectivity index (χ4v) is 2.97. The second-order valence-electron chi connectivity index (χ2n) is 5.54. The Morgan fingerprint density at radius 3 is 2.55 bits per heavy atom. The standard InChI is InChI=1S/C13H23N5O2/c1-4-11-12(18(19)20)13(16(3)15-11)17-7-5-10(6-8-17)9(2)14/h9-10H,4-8,14H2,1-3H3. The summed E-state index contributed by atoms with van der Waals surface area (Å²) in [6.45, 7) is 5.52. The Balaban J connectivity index is 2.26. The molecule has 112 valence electrons. The molecule has 1 atom stereocenters. The van der Waals surface area contributed by atoms with E-state index in [1.54, 1.807) is 11.7 Å². The van der Waals surface area contributed by atoms with Crippen molar-refractivity contribution in [2.24, 2.45) is 18.7 Å². The van der Waals surface area contributed by atoms with Crippen molar-refractivity contribution in [3.63, 3.8) is 0 Å². The van der Waals surface area contributed by atoms with Crippen LogP contribution in [0.15, 0.2) is 0 Å². The number of hydrogen-bond acceptors (Lipinski definition) is 5. The number of rotatable bonds is 4. The highest BCUT2D eigenvalue weighted by atomic mass is 16.6. The highest BCUT2D eigenvalue weighted by Gasteiger charge is 2.32.